The fourth-order valence-electron chi connectivity index (χ4n) is 2.93. The standard InChI is InChI=1S/C18H17F3N6O2/c1-9-14(25-26-15(9)17(29)22-8-18(19,20)21)11-4-5-13-23-12(7-27(13)6-11)24-16(28)10-2-3-10/h4-7,10H,2-3,8H2,1H3,(H,22,29)(H,24,28)(H,25,26). The van der Waals surface area contributed by atoms with Gasteiger partial charge in [0.15, 0.2) is 5.82 Å². The van der Waals surface area contributed by atoms with Gasteiger partial charge in [-0.15, -0.1) is 0 Å². The lowest BCUT2D eigenvalue weighted by atomic mass is 10.1. The molecular weight excluding hydrogens is 389 g/mol. The van der Waals surface area contributed by atoms with Crippen LogP contribution in [0.3, 0.4) is 0 Å². The maximum absolute atomic E-state index is 12.3. The van der Waals surface area contributed by atoms with Gasteiger partial charge in [0.2, 0.25) is 5.91 Å². The Morgan fingerprint density at radius 1 is 1.28 bits per heavy atom. The summed E-state index contributed by atoms with van der Waals surface area (Å²) in [6.07, 6.45) is 0.667. The molecule has 3 aromatic rings. The number of aromatic amines is 1. The molecule has 1 aliphatic rings. The topological polar surface area (TPSA) is 104 Å². The molecule has 8 nitrogen and oxygen atoms in total. The third-order valence-electron chi connectivity index (χ3n) is 4.61. The van der Waals surface area contributed by atoms with Gasteiger partial charge in [-0.25, -0.2) is 4.98 Å². The summed E-state index contributed by atoms with van der Waals surface area (Å²) in [5.74, 6) is -0.437. The number of hydrogen-bond donors (Lipinski definition) is 3. The number of H-pyrrole nitrogens is 1. The van der Waals surface area contributed by atoms with Crippen LogP contribution in [0.5, 0.6) is 0 Å². The third kappa shape index (κ3) is 4.08. The molecule has 3 heterocycles. The predicted molar refractivity (Wildman–Crippen MR) is 97.3 cm³/mol. The molecule has 0 bridgehead atoms. The molecule has 2 amide bonds. The second-order valence-corrected chi connectivity index (χ2v) is 6.94. The van der Waals surface area contributed by atoms with Gasteiger partial charge in [-0.2, -0.15) is 18.3 Å². The summed E-state index contributed by atoms with van der Waals surface area (Å²) in [6, 6.07) is 3.45. The fourth-order valence-corrected chi connectivity index (χ4v) is 2.93. The Labute approximate surface area is 162 Å². The Hall–Kier alpha value is -3.37. The number of amides is 2. The third-order valence-corrected chi connectivity index (χ3v) is 4.61. The Kier molecular flexibility index (Phi) is 4.52. The van der Waals surface area contributed by atoms with Gasteiger partial charge in [-0.1, -0.05) is 0 Å². The van der Waals surface area contributed by atoms with Crippen molar-refractivity contribution in [1.82, 2.24) is 24.9 Å². The SMILES string of the molecule is Cc1c(-c2ccc3nc(NC(=O)C4CC4)cn3c2)n[nH]c1C(=O)NCC(F)(F)F. The van der Waals surface area contributed by atoms with Crippen LogP contribution in [0.25, 0.3) is 16.9 Å². The Morgan fingerprint density at radius 3 is 2.72 bits per heavy atom. The first-order valence-corrected chi connectivity index (χ1v) is 8.91. The van der Waals surface area contributed by atoms with Crippen LogP contribution in [0.15, 0.2) is 24.5 Å². The number of carbonyl (C=O) groups excluding carboxylic acids is 2. The number of hydrogen-bond acceptors (Lipinski definition) is 4. The number of nitrogens with one attached hydrogen (secondary N) is 3. The van der Waals surface area contributed by atoms with Crippen LogP contribution < -0.4 is 10.6 Å². The average molecular weight is 406 g/mol. The molecule has 1 aliphatic carbocycles. The second-order valence-electron chi connectivity index (χ2n) is 6.94. The van der Waals surface area contributed by atoms with E-state index in [1.165, 1.54) is 0 Å². The summed E-state index contributed by atoms with van der Waals surface area (Å²) in [5.41, 5.74) is 2.06. The Bertz CT molecular complexity index is 1100. The number of halogens is 3. The summed E-state index contributed by atoms with van der Waals surface area (Å²) in [4.78, 5) is 28.2. The van der Waals surface area contributed by atoms with Crippen molar-refractivity contribution in [2.45, 2.75) is 25.9 Å². The van der Waals surface area contributed by atoms with Gasteiger partial charge in [0.05, 0.1) is 11.9 Å². The van der Waals surface area contributed by atoms with E-state index in [2.05, 4.69) is 20.5 Å². The molecule has 1 fully saturated rings. The zero-order valence-corrected chi connectivity index (χ0v) is 15.3. The lowest BCUT2D eigenvalue weighted by Crippen LogP contribution is -2.34. The number of nitrogens with zero attached hydrogens (tertiary/aromatic N) is 3. The molecule has 4 rings (SSSR count). The average Bonchev–Trinajstić information content (AvgIpc) is 3.33. The highest BCUT2D eigenvalue weighted by molar-refractivity contribution is 5.95. The van der Waals surface area contributed by atoms with Crippen molar-refractivity contribution >= 4 is 23.3 Å². The van der Waals surface area contributed by atoms with E-state index < -0.39 is 18.6 Å². The van der Waals surface area contributed by atoms with Crippen LogP contribution in [-0.4, -0.2) is 44.1 Å². The molecule has 3 aromatic heterocycles. The van der Waals surface area contributed by atoms with Crippen molar-refractivity contribution in [1.29, 1.82) is 0 Å². The van der Waals surface area contributed by atoms with E-state index in [0.717, 1.165) is 12.8 Å². The van der Waals surface area contributed by atoms with E-state index in [-0.39, 0.29) is 17.5 Å². The number of alkyl halides is 3. The van der Waals surface area contributed by atoms with E-state index >= 15 is 0 Å². The zero-order chi connectivity index (χ0) is 20.8. The molecule has 0 spiro atoms. The summed E-state index contributed by atoms with van der Waals surface area (Å²) >= 11 is 0. The van der Waals surface area contributed by atoms with E-state index in [1.54, 1.807) is 35.9 Å². The smallest absolute Gasteiger partial charge is 0.342 e. The molecule has 0 atom stereocenters. The van der Waals surface area contributed by atoms with Crippen molar-refractivity contribution in [3.05, 3.63) is 35.8 Å². The summed E-state index contributed by atoms with van der Waals surface area (Å²) < 4.78 is 38.6. The minimum absolute atomic E-state index is 0.0348. The highest BCUT2D eigenvalue weighted by atomic mass is 19.4. The highest BCUT2D eigenvalue weighted by Gasteiger charge is 2.30. The first kappa shape index (κ1) is 19.0. The van der Waals surface area contributed by atoms with Crippen molar-refractivity contribution in [2.24, 2.45) is 5.92 Å². The molecule has 0 radical (unpaired) electrons. The second kappa shape index (κ2) is 6.90. The van der Waals surface area contributed by atoms with Crippen LogP contribution >= 0.6 is 0 Å². The minimum Gasteiger partial charge on any atom is -0.342 e. The van der Waals surface area contributed by atoms with Crippen molar-refractivity contribution in [3.63, 3.8) is 0 Å². The molecule has 0 unspecified atom stereocenters. The summed E-state index contributed by atoms with van der Waals surface area (Å²) in [6.45, 7) is 0.177. The molecule has 0 aliphatic heterocycles. The minimum atomic E-state index is -4.49. The number of anilines is 1. The van der Waals surface area contributed by atoms with Crippen LogP contribution in [0.4, 0.5) is 19.0 Å². The largest absolute Gasteiger partial charge is 0.405 e. The maximum atomic E-state index is 12.3. The molecule has 11 heteroatoms. The summed E-state index contributed by atoms with van der Waals surface area (Å²) in [5, 5.41) is 11.2. The van der Waals surface area contributed by atoms with E-state index in [1.807, 2.05) is 5.32 Å². The van der Waals surface area contributed by atoms with Gasteiger partial charge in [-0.05, 0) is 31.9 Å². The lowest BCUT2D eigenvalue weighted by molar-refractivity contribution is -0.123. The first-order valence-electron chi connectivity index (χ1n) is 8.91. The van der Waals surface area contributed by atoms with Crippen molar-refractivity contribution < 1.29 is 22.8 Å². The quantitative estimate of drug-likeness (QED) is 0.606. The van der Waals surface area contributed by atoms with Gasteiger partial charge in [0.1, 0.15) is 17.9 Å². The molecular formula is C18H17F3N6O2. The highest BCUT2D eigenvalue weighted by Crippen LogP contribution is 2.30. The first-order chi connectivity index (χ1) is 13.7. The summed E-state index contributed by atoms with van der Waals surface area (Å²) in [7, 11) is 0. The zero-order valence-electron chi connectivity index (χ0n) is 15.3. The predicted octanol–water partition coefficient (Wildman–Crippen LogP) is 2.67. The number of aromatic nitrogens is 4. The number of fused-ring (bicyclic) bond motifs is 1. The number of carbonyl (C=O) groups is 2. The van der Waals surface area contributed by atoms with Crippen LogP contribution in [0, 0.1) is 12.8 Å². The normalized spacial score (nSPS) is 14.2. The fraction of sp³-hybridized carbons (Fsp3) is 0.333. The van der Waals surface area contributed by atoms with Gasteiger partial charge < -0.3 is 15.0 Å². The van der Waals surface area contributed by atoms with Gasteiger partial charge >= 0.3 is 6.18 Å². The van der Waals surface area contributed by atoms with Crippen LogP contribution in [0.1, 0.15) is 28.9 Å². The van der Waals surface area contributed by atoms with Crippen molar-refractivity contribution in [3.8, 4) is 11.3 Å². The number of pyridine rings is 1. The van der Waals surface area contributed by atoms with Crippen molar-refractivity contribution in [2.75, 3.05) is 11.9 Å². The Balaban J connectivity index is 1.55. The van der Waals surface area contributed by atoms with E-state index in [0.29, 0.717) is 28.3 Å². The lowest BCUT2D eigenvalue weighted by Gasteiger charge is -2.07. The number of rotatable bonds is 5. The van der Waals surface area contributed by atoms with Crippen LogP contribution in [-0.2, 0) is 4.79 Å². The Morgan fingerprint density at radius 2 is 2.03 bits per heavy atom. The molecule has 152 valence electrons. The molecule has 1 saturated carbocycles. The van der Waals surface area contributed by atoms with Gasteiger partial charge in [0, 0.05) is 23.2 Å². The molecule has 0 saturated heterocycles. The monoisotopic (exact) mass is 406 g/mol. The van der Waals surface area contributed by atoms with E-state index in [4.69, 9.17) is 0 Å². The molecule has 29 heavy (non-hydrogen) atoms. The van der Waals surface area contributed by atoms with Crippen LogP contribution in [0.2, 0.25) is 0 Å². The van der Waals surface area contributed by atoms with Gasteiger partial charge in [-0.3, -0.25) is 14.7 Å². The molecule has 0 aromatic carbocycles. The number of imidazole rings is 1. The maximum Gasteiger partial charge on any atom is 0.405 e. The van der Waals surface area contributed by atoms with E-state index in [9.17, 15) is 22.8 Å². The van der Waals surface area contributed by atoms with Gasteiger partial charge in [0.25, 0.3) is 5.91 Å². The molecule has 3 N–H and O–H groups in total.